The van der Waals surface area contributed by atoms with E-state index >= 15 is 0 Å². The monoisotopic (exact) mass is 276 g/mol. The van der Waals surface area contributed by atoms with Crippen molar-refractivity contribution in [3.05, 3.63) is 52.7 Å². The van der Waals surface area contributed by atoms with Crippen LogP contribution < -0.4 is 10.4 Å². The zero-order valence-corrected chi connectivity index (χ0v) is 11.8. The van der Waals surface area contributed by atoms with E-state index in [0.717, 1.165) is 17.7 Å². The fourth-order valence-corrected chi connectivity index (χ4v) is 2.12. The van der Waals surface area contributed by atoms with Crippen molar-refractivity contribution in [1.82, 2.24) is 9.13 Å². The van der Waals surface area contributed by atoms with Crippen molar-refractivity contribution in [2.75, 3.05) is 7.11 Å². The number of ether oxygens (including phenoxy) is 1. The van der Waals surface area contributed by atoms with Crippen molar-refractivity contribution in [1.29, 1.82) is 0 Å². The molecule has 0 radical (unpaired) electrons. The molecule has 5 nitrogen and oxygen atoms in total. The van der Waals surface area contributed by atoms with E-state index < -0.39 is 6.10 Å². The number of rotatable bonds is 6. The number of aliphatic hydroxyl groups excluding tert-OH is 1. The summed E-state index contributed by atoms with van der Waals surface area (Å²) in [5.41, 5.74) is 0.681. The lowest BCUT2D eigenvalue weighted by molar-refractivity contribution is 0.155. The molecular formula is C15H20N2O3. The van der Waals surface area contributed by atoms with Gasteiger partial charge in [-0.25, -0.2) is 4.79 Å². The number of hydrogen-bond acceptors (Lipinski definition) is 3. The number of benzene rings is 1. The van der Waals surface area contributed by atoms with Crippen molar-refractivity contribution in [3.8, 4) is 5.75 Å². The van der Waals surface area contributed by atoms with Crippen LogP contribution in [-0.2, 0) is 13.1 Å². The number of aliphatic hydroxyl groups is 1. The molecule has 0 aliphatic carbocycles. The zero-order valence-electron chi connectivity index (χ0n) is 11.8. The molecule has 20 heavy (non-hydrogen) atoms. The van der Waals surface area contributed by atoms with E-state index in [4.69, 9.17) is 4.74 Å². The Kier molecular flexibility index (Phi) is 4.63. The largest absolute Gasteiger partial charge is 0.497 e. The van der Waals surface area contributed by atoms with Gasteiger partial charge in [0.1, 0.15) is 5.75 Å². The maximum absolute atomic E-state index is 12.0. The molecular weight excluding hydrogens is 256 g/mol. The van der Waals surface area contributed by atoms with Crippen LogP contribution in [0.25, 0.3) is 0 Å². The molecule has 0 saturated heterocycles. The molecule has 5 heteroatoms. The molecule has 108 valence electrons. The Balaban J connectivity index is 2.10. The van der Waals surface area contributed by atoms with Gasteiger partial charge >= 0.3 is 5.69 Å². The van der Waals surface area contributed by atoms with Crippen LogP contribution in [-0.4, -0.2) is 21.4 Å². The van der Waals surface area contributed by atoms with Gasteiger partial charge in [-0.05, 0) is 24.1 Å². The predicted molar refractivity (Wildman–Crippen MR) is 76.9 cm³/mol. The van der Waals surface area contributed by atoms with Gasteiger partial charge in [0.05, 0.1) is 19.8 Å². The van der Waals surface area contributed by atoms with Gasteiger partial charge < -0.3 is 9.84 Å². The first-order valence-corrected chi connectivity index (χ1v) is 6.73. The number of imidazole rings is 1. The molecule has 1 N–H and O–H groups in total. The molecule has 0 bridgehead atoms. The van der Waals surface area contributed by atoms with E-state index in [1.165, 1.54) is 4.57 Å². The minimum absolute atomic E-state index is 0.0839. The Hall–Kier alpha value is -2.01. The van der Waals surface area contributed by atoms with Crippen molar-refractivity contribution in [3.63, 3.8) is 0 Å². The molecule has 1 heterocycles. The van der Waals surface area contributed by atoms with Gasteiger partial charge in [0.2, 0.25) is 0 Å². The van der Waals surface area contributed by atoms with E-state index in [1.807, 2.05) is 6.92 Å². The van der Waals surface area contributed by atoms with Crippen molar-refractivity contribution in [2.24, 2.45) is 0 Å². The van der Waals surface area contributed by atoms with Gasteiger partial charge in [0, 0.05) is 18.9 Å². The molecule has 1 aromatic heterocycles. The molecule has 0 amide bonds. The van der Waals surface area contributed by atoms with Crippen molar-refractivity contribution in [2.45, 2.75) is 32.5 Å². The van der Waals surface area contributed by atoms with Gasteiger partial charge in [-0.15, -0.1) is 0 Å². The summed E-state index contributed by atoms with van der Waals surface area (Å²) in [5, 5.41) is 10.2. The summed E-state index contributed by atoms with van der Waals surface area (Å²) in [6.07, 6.45) is 3.67. The average Bonchev–Trinajstić information content (AvgIpc) is 2.81. The molecule has 0 spiro atoms. The van der Waals surface area contributed by atoms with Crippen molar-refractivity contribution >= 4 is 0 Å². The number of aryl methyl sites for hydroxylation is 1. The lowest BCUT2D eigenvalue weighted by Crippen LogP contribution is -2.26. The number of aromatic nitrogens is 2. The zero-order chi connectivity index (χ0) is 14.5. The van der Waals surface area contributed by atoms with Gasteiger partial charge in [0.25, 0.3) is 0 Å². The third-order valence-corrected chi connectivity index (χ3v) is 3.25. The SMILES string of the molecule is CCCn1ccn(CC(O)c2ccc(OC)cc2)c1=O. The Morgan fingerprint density at radius 3 is 2.45 bits per heavy atom. The van der Waals surface area contributed by atoms with Crippen LogP contribution in [0, 0.1) is 0 Å². The first-order valence-electron chi connectivity index (χ1n) is 6.73. The Morgan fingerprint density at radius 1 is 1.20 bits per heavy atom. The summed E-state index contributed by atoms with van der Waals surface area (Å²) in [4.78, 5) is 12.0. The van der Waals surface area contributed by atoms with Crippen LogP contribution in [0.1, 0.15) is 25.0 Å². The number of hydrogen-bond donors (Lipinski definition) is 1. The van der Waals surface area contributed by atoms with E-state index in [2.05, 4.69) is 0 Å². The van der Waals surface area contributed by atoms with Crippen LogP contribution in [0.5, 0.6) is 5.75 Å². The second-order valence-electron chi connectivity index (χ2n) is 4.72. The van der Waals surface area contributed by atoms with E-state index in [-0.39, 0.29) is 12.2 Å². The fraction of sp³-hybridized carbons (Fsp3) is 0.400. The van der Waals surface area contributed by atoms with Gasteiger partial charge in [-0.2, -0.15) is 0 Å². The molecule has 0 aliphatic heterocycles. The number of methoxy groups -OCH3 is 1. The molecule has 0 aliphatic rings. The van der Waals surface area contributed by atoms with Crippen LogP contribution in [0.3, 0.4) is 0 Å². The van der Waals surface area contributed by atoms with Crippen LogP contribution >= 0.6 is 0 Å². The molecule has 0 fully saturated rings. The summed E-state index contributed by atoms with van der Waals surface area (Å²) < 4.78 is 8.26. The molecule has 2 rings (SSSR count). The van der Waals surface area contributed by atoms with E-state index in [0.29, 0.717) is 6.54 Å². The minimum atomic E-state index is -0.712. The van der Waals surface area contributed by atoms with E-state index in [1.54, 1.807) is 48.3 Å². The standard InChI is InChI=1S/C15H20N2O3/c1-3-8-16-9-10-17(15(16)19)11-14(18)12-4-6-13(20-2)7-5-12/h4-7,9-10,14,18H,3,8,11H2,1-2H3. The summed E-state index contributed by atoms with van der Waals surface area (Å²) in [5.74, 6) is 0.743. The second kappa shape index (κ2) is 6.43. The molecule has 1 aromatic carbocycles. The first kappa shape index (κ1) is 14.4. The summed E-state index contributed by atoms with van der Waals surface area (Å²) >= 11 is 0. The molecule has 0 saturated carbocycles. The van der Waals surface area contributed by atoms with Gasteiger partial charge in [-0.3, -0.25) is 9.13 Å². The van der Waals surface area contributed by atoms with Gasteiger partial charge in [0.15, 0.2) is 0 Å². The smallest absolute Gasteiger partial charge is 0.328 e. The lowest BCUT2D eigenvalue weighted by atomic mass is 10.1. The quantitative estimate of drug-likeness (QED) is 0.875. The fourth-order valence-electron chi connectivity index (χ4n) is 2.12. The number of nitrogens with zero attached hydrogens (tertiary/aromatic N) is 2. The molecule has 1 unspecified atom stereocenters. The van der Waals surface area contributed by atoms with Crippen LogP contribution in [0.2, 0.25) is 0 Å². The average molecular weight is 276 g/mol. The predicted octanol–water partition coefficient (Wildman–Crippen LogP) is 1.80. The topological polar surface area (TPSA) is 56.4 Å². The Morgan fingerprint density at radius 2 is 1.85 bits per heavy atom. The maximum atomic E-state index is 12.0. The van der Waals surface area contributed by atoms with Crippen LogP contribution in [0.4, 0.5) is 0 Å². The summed E-state index contributed by atoms with van der Waals surface area (Å²) in [6, 6.07) is 7.20. The summed E-state index contributed by atoms with van der Waals surface area (Å²) in [6.45, 7) is 2.97. The minimum Gasteiger partial charge on any atom is -0.497 e. The van der Waals surface area contributed by atoms with Crippen molar-refractivity contribution < 1.29 is 9.84 Å². The maximum Gasteiger partial charge on any atom is 0.328 e. The third-order valence-electron chi connectivity index (χ3n) is 3.25. The highest BCUT2D eigenvalue weighted by Crippen LogP contribution is 2.18. The molecule has 2 aromatic rings. The summed E-state index contributed by atoms with van der Waals surface area (Å²) in [7, 11) is 1.60. The highest BCUT2D eigenvalue weighted by molar-refractivity contribution is 5.28. The second-order valence-corrected chi connectivity index (χ2v) is 4.72. The van der Waals surface area contributed by atoms with Crippen LogP contribution in [0.15, 0.2) is 41.5 Å². The van der Waals surface area contributed by atoms with E-state index in [9.17, 15) is 9.90 Å². The normalized spacial score (nSPS) is 12.3. The van der Waals surface area contributed by atoms with Gasteiger partial charge in [-0.1, -0.05) is 19.1 Å². The third kappa shape index (κ3) is 3.11. The highest BCUT2D eigenvalue weighted by atomic mass is 16.5. The lowest BCUT2D eigenvalue weighted by Gasteiger charge is -2.11. The Bertz CT molecular complexity index is 598. The molecule has 1 atom stereocenters. The first-order chi connectivity index (χ1) is 9.65. The highest BCUT2D eigenvalue weighted by Gasteiger charge is 2.11. The Labute approximate surface area is 118 Å².